The molecule has 1 aromatic rings. The summed E-state index contributed by atoms with van der Waals surface area (Å²) in [6.45, 7) is 2.90. The third kappa shape index (κ3) is 3.90. The van der Waals surface area contributed by atoms with Gasteiger partial charge in [-0.25, -0.2) is 13.6 Å². The van der Waals surface area contributed by atoms with E-state index in [1.807, 2.05) is 5.32 Å². The Balaban J connectivity index is 2.68. The van der Waals surface area contributed by atoms with Gasteiger partial charge in [-0.05, 0) is 26.0 Å². The first-order valence-electron chi connectivity index (χ1n) is 5.57. The number of carbonyl (C=O) groups excluding carboxylic acids is 1. The number of rotatable bonds is 4. The van der Waals surface area contributed by atoms with Crippen molar-refractivity contribution in [2.24, 2.45) is 5.92 Å². The Bertz CT molecular complexity index is 474. The Morgan fingerprint density at radius 3 is 2.21 bits per heavy atom. The fourth-order valence-electron chi connectivity index (χ4n) is 1.31. The molecule has 0 aliphatic rings. The van der Waals surface area contributed by atoms with E-state index in [2.05, 4.69) is 5.32 Å². The van der Waals surface area contributed by atoms with Crippen molar-refractivity contribution in [3.05, 3.63) is 29.8 Å². The Labute approximate surface area is 108 Å². The number of nitrogens with one attached hydrogen (secondary N) is 2. The van der Waals surface area contributed by atoms with E-state index in [1.165, 1.54) is 19.9 Å². The van der Waals surface area contributed by atoms with Gasteiger partial charge in [-0.2, -0.15) is 0 Å². The van der Waals surface area contributed by atoms with Crippen molar-refractivity contribution < 1.29 is 23.5 Å². The van der Waals surface area contributed by atoms with Crippen LogP contribution in [0.1, 0.15) is 13.8 Å². The molecule has 2 amide bonds. The molecular weight excluding hydrogens is 258 g/mol. The van der Waals surface area contributed by atoms with Crippen LogP contribution in [0.15, 0.2) is 18.2 Å². The fourth-order valence-corrected chi connectivity index (χ4v) is 1.31. The minimum Gasteiger partial charge on any atom is -0.481 e. The van der Waals surface area contributed by atoms with Gasteiger partial charge < -0.3 is 15.7 Å². The van der Waals surface area contributed by atoms with E-state index in [0.717, 1.165) is 12.1 Å². The summed E-state index contributed by atoms with van der Waals surface area (Å²) in [4.78, 5) is 22.2. The Morgan fingerprint density at radius 2 is 1.74 bits per heavy atom. The predicted molar refractivity (Wildman–Crippen MR) is 64.8 cm³/mol. The second-order valence-corrected chi connectivity index (χ2v) is 4.11. The molecule has 19 heavy (non-hydrogen) atoms. The number of carboxylic acids is 1. The summed E-state index contributed by atoms with van der Waals surface area (Å²) in [6.07, 6.45) is 0. The zero-order chi connectivity index (χ0) is 14.6. The highest BCUT2D eigenvalue weighted by molar-refractivity contribution is 5.90. The van der Waals surface area contributed by atoms with Gasteiger partial charge in [0.1, 0.15) is 17.3 Å². The van der Waals surface area contributed by atoms with E-state index >= 15 is 0 Å². The summed E-state index contributed by atoms with van der Waals surface area (Å²) >= 11 is 0. The average Bonchev–Trinajstić information content (AvgIpc) is 2.32. The molecule has 0 aliphatic carbocycles. The van der Waals surface area contributed by atoms with Crippen LogP contribution in [-0.2, 0) is 4.79 Å². The van der Waals surface area contributed by atoms with Gasteiger partial charge in [0, 0.05) is 6.04 Å². The predicted octanol–water partition coefficient (Wildman–Crippen LogP) is 2.20. The molecule has 0 saturated carbocycles. The number of hydrogen-bond donors (Lipinski definition) is 3. The summed E-state index contributed by atoms with van der Waals surface area (Å²) in [5, 5.41) is 13.1. The minimum absolute atomic E-state index is 0.574. The molecule has 7 heteroatoms. The molecule has 0 spiro atoms. The number of para-hydroxylation sites is 1. The highest BCUT2D eigenvalue weighted by Gasteiger charge is 2.21. The lowest BCUT2D eigenvalue weighted by molar-refractivity contribution is -0.141. The van der Waals surface area contributed by atoms with E-state index < -0.39 is 41.3 Å². The standard InChI is InChI=1S/C12H14F2N2O3/c1-6(11(17)18)7(2)15-12(19)16-10-8(13)4-3-5-9(10)14/h3-7H,1-2H3,(H,17,18)(H2,15,16,19). The lowest BCUT2D eigenvalue weighted by Crippen LogP contribution is -2.42. The van der Waals surface area contributed by atoms with Crippen LogP contribution in [0.3, 0.4) is 0 Å². The van der Waals surface area contributed by atoms with E-state index in [-0.39, 0.29) is 0 Å². The van der Waals surface area contributed by atoms with Gasteiger partial charge in [0.05, 0.1) is 5.92 Å². The van der Waals surface area contributed by atoms with Crippen molar-refractivity contribution in [2.75, 3.05) is 5.32 Å². The molecule has 2 unspecified atom stereocenters. The molecule has 1 aromatic carbocycles. The van der Waals surface area contributed by atoms with Crippen LogP contribution in [0.25, 0.3) is 0 Å². The maximum absolute atomic E-state index is 13.3. The SMILES string of the molecule is CC(NC(=O)Nc1c(F)cccc1F)C(C)C(=O)O. The van der Waals surface area contributed by atoms with Gasteiger partial charge in [-0.15, -0.1) is 0 Å². The first-order chi connectivity index (χ1) is 8.82. The third-order valence-corrected chi connectivity index (χ3v) is 2.70. The van der Waals surface area contributed by atoms with Crippen LogP contribution >= 0.6 is 0 Å². The molecule has 5 nitrogen and oxygen atoms in total. The monoisotopic (exact) mass is 272 g/mol. The second-order valence-electron chi connectivity index (χ2n) is 4.11. The minimum atomic E-state index is -1.08. The molecule has 0 aliphatic heterocycles. The lowest BCUT2D eigenvalue weighted by atomic mass is 10.0. The molecule has 1 rings (SSSR count). The number of amides is 2. The Morgan fingerprint density at radius 1 is 1.21 bits per heavy atom. The Hall–Kier alpha value is -2.18. The van der Waals surface area contributed by atoms with Crippen molar-refractivity contribution in [1.29, 1.82) is 0 Å². The van der Waals surface area contributed by atoms with Gasteiger partial charge in [0.2, 0.25) is 0 Å². The van der Waals surface area contributed by atoms with Crippen LogP contribution in [0.4, 0.5) is 19.3 Å². The molecule has 0 heterocycles. The molecule has 2 atom stereocenters. The highest BCUT2D eigenvalue weighted by Crippen LogP contribution is 2.17. The fraction of sp³-hybridized carbons (Fsp3) is 0.333. The largest absolute Gasteiger partial charge is 0.481 e. The number of halogens is 2. The van der Waals surface area contributed by atoms with Crippen LogP contribution < -0.4 is 10.6 Å². The van der Waals surface area contributed by atoms with E-state index in [1.54, 1.807) is 0 Å². The summed E-state index contributed by atoms with van der Waals surface area (Å²) in [7, 11) is 0. The molecule has 0 saturated heterocycles. The summed E-state index contributed by atoms with van der Waals surface area (Å²) in [6, 6.07) is 1.62. The number of carboxylic acid groups (broad SMARTS) is 1. The molecule has 0 radical (unpaired) electrons. The smallest absolute Gasteiger partial charge is 0.319 e. The van der Waals surface area contributed by atoms with Gasteiger partial charge >= 0.3 is 12.0 Å². The van der Waals surface area contributed by atoms with Crippen molar-refractivity contribution in [2.45, 2.75) is 19.9 Å². The van der Waals surface area contributed by atoms with E-state index in [9.17, 15) is 18.4 Å². The quantitative estimate of drug-likeness (QED) is 0.786. The van der Waals surface area contributed by atoms with Crippen molar-refractivity contribution in [3.63, 3.8) is 0 Å². The van der Waals surface area contributed by atoms with Gasteiger partial charge in [0.15, 0.2) is 0 Å². The van der Waals surface area contributed by atoms with E-state index in [4.69, 9.17) is 5.11 Å². The van der Waals surface area contributed by atoms with Gasteiger partial charge in [0.25, 0.3) is 0 Å². The number of carbonyl (C=O) groups is 2. The maximum Gasteiger partial charge on any atom is 0.319 e. The van der Waals surface area contributed by atoms with Crippen LogP contribution in [0.2, 0.25) is 0 Å². The molecular formula is C12H14F2N2O3. The first kappa shape index (κ1) is 14.9. The van der Waals surface area contributed by atoms with Crippen LogP contribution in [0, 0.1) is 17.6 Å². The number of urea groups is 1. The molecule has 0 aromatic heterocycles. The first-order valence-corrected chi connectivity index (χ1v) is 5.57. The number of hydrogen-bond acceptors (Lipinski definition) is 2. The molecule has 104 valence electrons. The molecule has 0 bridgehead atoms. The third-order valence-electron chi connectivity index (χ3n) is 2.70. The van der Waals surface area contributed by atoms with Crippen LogP contribution in [0.5, 0.6) is 0 Å². The highest BCUT2D eigenvalue weighted by atomic mass is 19.1. The van der Waals surface area contributed by atoms with Gasteiger partial charge in [-0.3, -0.25) is 4.79 Å². The zero-order valence-electron chi connectivity index (χ0n) is 10.4. The van der Waals surface area contributed by atoms with E-state index in [0.29, 0.717) is 0 Å². The maximum atomic E-state index is 13.3. The second kappa shape index (κ2) is 6.12. The average molecular weight is 272 g/mol. The normalized spacial score (nSPS) is 13.5. The van der Waals surface area contributed by atoms with Crippen LogP contribution in [-0.4, -0.2) is 23.1 Å². The summed E-state index contributed by atoms with van der Waals surface area (Å²) < 4.78 is 26.5. The lowest BCUT2D eigenvalue weighted by Gasteiger charge is -2.18. The summed E-state index contributed by atoms with van der Waals surface area (Å²) in [5.41, 5.74) is -0.574. The number of anilines is 1. The van der Waals surface area contributed by atoms with Crippen molar-refractivity contribution in [1.82, 2.24) is 5.32 Å². The molecule has 0 fully saturated rings. The number of benzene rings is 1. The zero-order valence-corrected chi connectivity index (χ0v) is 10.4. The van der Waals surface area contributed by atoms with Crippen molar-refractivity contribution >= 4 is 17.7 Å². The topological polar surface area (TPSA) is 78.4 Å². The van der Waals surface area contributed by atoms with Gasteiger partial charge in [-0.1, -0.05) is 6.07 Å². The van der Waals surface area contributed by atoms with Crippen molar-refractivity contribution in [3.8, 4) is 0 Å². The summed E-state index contributed by atoms with van der Waals surface area (Å²) in [5.74, 6) is -3.72. The molecule has 3 N–H and O–H groups in total. The number of aliphatic carboxylic acids is 1. The Kier molecular flexibility index (Phi) is 4.80.